The third-order valence-corrected chi connectivity index (χ3v) is 5.49. The van der Waals surface area contributed by atoms with Crippen LogP contribution in [0, 0.1) is 19.3 Å². The Balaban J connectivity index is 1.85. The van der Waals surface area contributed by atoms with Gasteiger partial charge < -0.3 is 5.32 Å². The molecular formula is C14H16Cl2N4O2. The molecule has 1 aliphatic carbocycles. The van der Waals surface area contributed by atoms with Crippen molar-refractivity contribution >= 4 is 34.8 Å². The first-order valence-electron chi connectivity index (χ1n) is 6.90. The van der Waals surface area contributed by atoms with E-state index in [0.717, 1.165) is 17.0 Å². The molecule has 8 heteroatoms. The van der Waals surface area contributed by atoms with E-state index < -0.39 is 9.75 Å². The first-order valence-corrected chi connectivity index (χ1v) is 7.65. The van der Waals surface area contributed by atoms with Crippen molar-refractivity contribution in [2.45, 2.75) is 38.1 Å². The number of aromatic nitrogens is 3. The molecule has 2 aromatic rings. The summed E-state index contributed by atoms with van der Waals surface area (Å²) in [5.74, 6) is -0.183. The second-order valence-electron chi connectivity index (χ2n) is 5.97. The van der Waals surface area contributed by atoms with Gasteiger partial charge in [0.15, 0.2) is 5.65 Å². The predicted molar refractivity (Wildman–Crippen MR) is 84.3 cm³/mol. The SMILES string of the molecule is Cc1nc2cc(=O)[nH]n2c(C)c1CNC(=O)[C@@]1(C)CC1(Cl)Cl. The molecule has 0 spiro atoms. The van der Waals surface area contributed by atoms with Crippen molar-refractivity contribution in [1.82, 2.24) is 19.9 Å². The maximum atomic E-state index is 12.2. The molecule has 1 saturated carbocycles. The fourth-order valence-corrected chi connectivity index (χ4v) is 3.33. The van der Waals surface area contributed by atoms with E-state index in [4.69, 9.17) is 23.2 Å². The van der Waals surface area contributed by atoms with Crippen molar-refractivity contribution in [3.8, 4) is 0 Å². The van der Waals surface area contributed by atoms with E-state index >= 15 is 0 Å². The lowest BCUT2D eigenvalue weighted by Gasteiger charge is -2.15. The molecule has 22 heavy (non-hydrogen) atoms. The summed E-state index contributed by atoms with van der Waals surface area (Å²) in [6, 6.07) is 1.43. The van der Waals surface area contributed by atoms with Crippen LogP contribution >= 0.6 is 23.2 Å². The molecule has 0 bridgehead atoms. The highest BCUT2D eigenvalue weighted by Gasteiger charge is 2.67. The van der Waals surface area contributed by atoms with Crippen LogP contribution < -0.4 is 10.9 Å². The minimum Gasteiger partial charge on any atom is -0.351 e. The Morgan fingerprint density at radius 2 is 2.14 bits per heavy atom. The van der Waals surface area contributed by atoms with Crippen molar-refractivity contribution in [2.24, 2.45) is 5.41 Å². The Hall–Kier alpha value is -1.53. The summed E-state index contributed by atoms with van der Waals surface area (Å²) < 4.78 is 0.623. The molecule has 3 rings (SSSR count). The number of carbonyl (C=O) groups excluding carboxylic acids is 1. The zero-order valence-electron chi connectivity index (χ0n) is 12.5. The second kappa shape index (κ2) is 4.73. The molecule has 2 aromatic heterocycles. The molecule has 1 amide bonds. The van der Waals surface area contributed by atoms with E-state index in [-0.39, 0.29) is 11.5 Å². The summed E-state index contributed by atoms with van der Waals surface area (Å²) in [6.45, 7) is 5.76. The molecule has 118 valence electrons. The second-order valence-corrected chi connectivity index (χ2v) is 7.46. The van der Waals surface area contributed by atoms with Crippen LogP contribution in [0.2, 0.25) is 0 Å². The summed E-state index contributed by atoms with van der Waals surface area (Å²) in [7, 11) is 0. The lowest BCUT2D eigenvalue weighted by Crippen LogP contribution is -2.33. The zero-order valence-corrected chi connectivity index (χ0v) is 14.0. The molecule has 0 aliphatic heterocycles. The van der Waals surface area contributed by atoms with Gasteiger partial charge in [0.05, 0.1) is 5.41 Å². The Kier molecular flexibility index (Phi) is 3.30. The van der Waals surface area contributed by atoms with Crippen molar-refractivity contribution in [2.75, 3.05) is 0 Å². The summed E-state index contributed by atoms with van der Waals surface area (Å²) in [5.41, 5.74) is 2.04. The number of nitrogens with one attached hydrogen (secondary N) is 2. The van der Waals surface area contributed by atoms with E-state index in [2.05, 4.69) is 15.4 Å². The largest absolute Gasteiger partial charge is 0.351 e. The number of amides is 1. The van der Waals surface area contributed by atoms with Crippen molar-refractivity contribution < 1.29 is 4.79 Å². The van der Waals surface area contributed by atoms with Gasteiger partial charge >= 0.3 is 0 Å². The standard InChI is InChI=1S/C14H16Cl2N4O2/c1-7-9(5-17-12(22)13(3)6-14(13,15)16)8(2)20-10(18-7)4-11(21)19-20/h4H,5-6H2,1-3H3,(H,17,22)(H,19,21)/t13-/m1/s1. The van der Waals surface area contributed by atoms with Gasteiger partial charge in [-0.15, -0.1) is 23.2 Å². The fourth-order valence-electron chi connectivity index (χ4n) is 2.62. The first-order chi connectivity index (χ1) is 10.2. The number of hydrogen-bond acceptors (Lipinski definition) is 3. The average molecular weight is 343 g/mol. The average Bonchev–Trinajstić information content (AvgIpc) is 2.76. The van der Waals surface area contributed by atoms with E-state index in [0.29, 0.717) is 18.6 Å². The molecule has 6 nitrogen and oxygen atoms in total. The molecule has 0 unspecified atom stereocenters. The van der Waals surface area contributed by atoms with Gasteiger partial charge in [-0.2, -0.15) is 0 Å². The van der Waals surface area contributed by atoms with Crippen LogP contribution in [0.15, 0.2) is 10.9 Å². The third-order valence-electron chi connectivity index (χ3n) is 4.39. The molecule has 2 heterocycles. The highest BCUT2D eigenvalue weighted by Crippen LogP contribution is 2.63. The molecule has 0 saturated heterocycles. The number of carbonyl (C=O) groups is 1. The first kappa shape index (κ1) is 15.4. The molecule has 0 radical (unpaired) electrons. The lowest BCUT2D eigenvalue weighted by molar-refractivity contribution is -0.125. The number of fused-ring (bicyclic) bond motifs is 1. The van der Waals surface area contributed by atoms with Gasteiger partial charge in [0.1, 0.15) is 4.33 Å². The van der Waals surface area contributed by atoms with Gasteiger partial charge in [0.2, 0.25) is 5.91 Å². The van der Waals surface area contributed by atoms with Crippen LogP contribution in [0.5, 0.6) is 0 Å². The molecule has 1 atom stereocenters. The van der Waals surface area contributed by atoms with Crippen LogP contribution in [0.1, 0.15) is 30.3 Å². The summed E-state index contributed by atoms with van der Waals surface area (Å²) >= 11 is 12.0. The predicted octanol–water partition coefficient (Wildman–Crippen LogP) is 1.84. The van der Waals surface area contributed by atoms with Gasteiger partial charge in [-0.1, -0.05) is 0 Å². The Morgan fingerprint density at radius 3 is 2.73 bits per heavy atom. The van der Waals surface area contributed by atoms with Crippen LogP contribution in [-0.4, -0.2) is 24.8 Å². The highest BCUT2D eigenvalue weighted by atomic mass is 35.5. The number of nitrogens with zero attached hydrogens (tertiary/aromatic N) is 2. The molecular weight excluding hydrogens is 327 g/mol. The van der Waals surface area contributed by atoms with E-state index in [1.165, 1.54) is 6.07 Å². The van der Waals surface area contributed by atoms with Crippen molar-refractivity contribution in [3.63, 3.8) is 0 Å². The lowest BCUT2D eigenvalue weighted by atomic mass is 10.1. The maximum absolute atomic E-state index is 12.2. The molecule has 1 aliphatic rings. The highest BCUT2D eigenvalue weighted by molar-refractivity contribution is 6.53. The fraction of sp³-hybridized carbons (Fsp3) is 0.500. The zero-order chi connectivity index (χ0) is 16.3. The Bertz CT molecular complexity index is 839. The smallest absolute Gasteiger partial charge is 0.266 e. The number of aryl methyl sites for hydroxylation is 2. The summed E-state index contributed by atoms with van der Waals surface area (Å²) in [6.07, 6.45) is 0.440. The number of alkyl halides is 2. The van der Waals surface area contributed by atoms with E-state index in [1.807, 2.05) is 13.8 Å². The van der Waals surface area contributed by atoms with Gasteiger partial charge in [-0.3, -0.25) is 14.7 Å². The van der Waals surface area contributed by atoms with Gasteiger partial charge in [0, 0.05) is 29.6 Å². The Labute approximate surface area is 136 Å². The maximum Gasteiger partial charge on any atom is 0.266 e. The van der Waals surface area contributed by atoms with Gasteiger partial charge in [-0.25, -0.2) is 9.50 Å². The number of H-pyrrole nitrogens is 1. The summed E-state index contributed by atoms with van der Waals surface area (Å²) in [5, 5.41) is 5.54. The minimum absolute atomic E-state index is 0.183. The monoisotopic (exact) mass is 342 g/mol. The van der Waals surface area contributed by atoms with Crippen LogP contribution in [0.3, 0.4) is 0 Å². The van der Waals surface area contributed by atoms with Crippen molar-refractivity contribution in [1.29, 1.82) is 0 Å². The van der Waals surface area contributed by atoms with Gasteiger partial charge in [0.25, 0.3) is 5.56 Å². The number of aromatic amines is 1. The number of hydrogen-bond donors (Lipinski definition) is 2. The molecule has 2 N–H and O–H groups in total. The van der Waals surface area contributed by atoms with Crippen LogP contribution in [0.25, 0.3) is 5.65 Å². The summed E-state index contributed by atoms with van der Waals surface area (Å²) in [4.78, 5) is 28.0. The van der Waals surface area contributed by atoms with Crippen LogP contribution in [-0.2, 0) is 11.3 Å². The topological polar surface area (TPSA) is 79.3 Å². The normalized spacial score (nSPS) is 22.8. The van der Waals surface area contributed by atoms with E-state index in [9.17, 15) is 9.59 Å². The van der Waals surface area contributed by atoms with Crippen LogP contribution in [0.4, 0.5) is 0 Å². The number of halogens is 2. The Morgan fingerprint density at radius 1 is 1.50 bits per heavy atom. The van der Waals surface area contributed by atoms with Gasteiger partial charge in [-0.05, 0) is 27.2 Å². The van der Waals surface area contributed by atoms with Crippen molar-refractivity contribution in [3.05, 3.63) is 33.4 Å². The third kappa shape index (κ3) is 2.21. The minimum atomic E-state index is -0.991. The quantitative estimate of drug-likeness (QED) is 0.835. The number of rotatable bonds is 3. The molecule has 0 aromatic carbocycles. The van der Waals surface area contributed by atoms with E-state index in [1.54, 1.807) is 11.4 Å². The molecule has 1 fully saturated rings.